The van der Waals surface area contributed by atoms with Crippen LogP contribution in [0.25, 0.3) is 55.4 Å². The number of nitrogens with one attached hydrogen (secondary N) is 1. The van der Waals surface area contributed by atoms with Gasteiger partial charge in [-0.15, -0.1) is 0 Å². The number of aromatic nitrogens is 8. The van der Waals surface area contributed by atoms with Gasteiger partial charge in [0.05, 0.1) is 46.2 Å². The number of hydrogen-bond donors (Lipinski definition) is 1. The van der Waals surface area contributed by atoms with E-state index in [2.05, 4.69) is 21.2 Å². The van der Waals surface area contributed by atoms with Crippen LogP contribution in [0.1, 0.15) is 31.7 Å². The summed E-state index contributed by atoms with van der Waals surface area (Å²) < 4.78 is 32.8. The highest BCUT2D eigenvalue weighted by molar-refractivity contribution is 6.14. The smallest absolute Gasteiger partial charge is 0.329 e. The van der Waals surface area contributed by atoms with Crippen molar-refractivity contribution in [2.75, 3.05) is 0 Å². The third-order valence-corrected chi connectivity index (χ3v) is 7.84. The molecular formula is C27H26F2N8O. The van der Waals surface area contributed by atoms with Crippen LogP contribution >= 0.6 is 0 Å². The summed E-state index contributed by atoms with van der Waals surface area (Å²) in [5.41, 5.74) is 6.34. The van der Waals surface area contributed by atoms with Gasteiger partial charge in [-0.2, -0.15) is 10.2 Å². The Morgan fingerprint density at radius 3 is 2.66 bits per heavy atom. The number of halogens is 2. The highest BCUT2D eigenvalue weighted by Crippen LogP contribution is 2.43. The third-order valence-electron chi connectivity index (χ3n) is 7.84. The summed E-state index contributed by atoms with van der Waals surface area (Å²) in [6, 6.07) is 6.23. The van der Waals surface area contributed by atoms with Crippen LogP contribution in [0.3, 0.4) is 0 Å². The molecule has 5 heterocycles. The summed E-state index contributed by atoms with van der Waals surface area (Å²) in [7, 11) is 3.68. The summed E-state index contributed by atoms with van der Waals surface area (Å²) in [5, 5.41) is 10.4. The lowest BCUT2D eigenvalue weighted by molar-refractivity contribution is 0.122. The molecular weight excluding hydrogens is 490 g/mol. The van der Waals surface area contributed by atoms with E-state index in [1.54, 1.807) is 30.2 Å². The van der Waals surface area contributed by atoms with Crippen LogP contribution in [0.5, 0.6) is 0 Å². The van der Waals surface area contributed by atoms with Gasteiger partial charge in [-0.05, 0) is 30.5 Å². The van der Waals surface area contributed by atoms with E-state index in [-0.39, 0.29) is 11.7 Å². The summed E-state index contributed by atoms with van der Waals surface area (Å²) in [4.78, 5) is 21.7. The molecule has 0 unspecified atom stereocenters. The number of pyridine rings is 1. The normalized spacial score (nSPS) is 14.8. The molecule has 194 valence electrons. The van der Waals surface area contributed by atoms with Gasteiger partial charge in [-0.1, -0.05) is 18.9 Å². The number of fused-ring (bicyclic) bond motifs is 4. The molecule has 1 saturated carbocycles. The van der Waals surface area contributed by atoms with Gasteiger partial charge in [0.1, 0.15) is 12.2 Å². The maximum absolute atomic E-state index is 13.5. The number of rotatable bonds is 5. The molecule has 1 fully saturated rings. The van der Waals surface area contributed by atoms with Crippen LogP contribution in [0.15, 0.2) is 47.8 Å². The molecule has 1 aliphatic rings. The Kier molecular flexibility index (Phi) is 5.04. The van der Waals surface area contributed by atoms with Gasteiger partial charge < -0.3 is 4.98 Å². The van der Waals surface area contributed by atoms with E-state index in [1.165, 1.54) is 4.68 Å². The van der Waals surface area contributed by atoms with Crippen molar-refractivity contribution in [3.05, 3.63) is 53.5 Å². The second-order valence-electron chi connectivity index (χ2n) is 10.1. The van der Waals surface area contributed by atoms with Crippen molar-refractivity contribution in [3.63, 3.8) is 0 Å². The van der Waals surface area contributed by atoms with Crippen molar-refractivity contribution >= 4 is 33.0 Å². The van der Waals surface area contributed by atoms with Crippen LogP contribution in [-0.4, -0.2) is 45.1 Å². The van der Waals surface area contributed by atoms with Crippen molar-refractivity contribution in [1.82, 2.24) is 38.7 Å². The van der Waals surface area contributed by atoms with Crippen LogP contribution in [0.2, 0.25) is 0 Å². The molecule has 0 bridgehead atoms. The van der Waals surface area contributed by atoms with Gasteiger partial charge in [-0.3, -0.25) is 18.5 Å². The molecule has 1 N–H and O–H groups in total. The lowest BCUT2D eigenvalue weighted by atomic mass is 9.98. The molecule has 9 nitrogen and oxygen atoms in total. The minimum Gasteiger partial charge on any atom is -0.339 e. The highest BCUT2D eigenvalue weighted by Gasteiger charge is 2.28. The van der Waals surface area contributed by atoms with Crippen LogP contribution in [0, 0.1) is 0 Å². The fourth-order valence-electron chi connectivity index (χ4n) is 6.04. The lowest BCUT2D eigenvalue weighted by Crippen LogP contribution is -2.24. The molecule has 0 aliphatic heterocycles. The van der Waals surface area contributed by atoms with E-state index in [4.69, 9.17) is 4.98 Å². The predicted octanol–water partition coefficient (Wildman–Crippen LogP) is 5.01. The number of hydrogen-bond acceptors (Lipinski definition) is 4. The van der Waals surface area contributed by atoms with Gasteiger partial charge in [0, 0.05) is 42.8 Å². The van der Waals surface area contributed by atoms with Gasteiger partial charge in [0.15, 0.2) is 0 Å². The molecule has 11 heteroatoms. The summed E-state index contributed by atoms with van der Waals surface area (Å²) in [6.07, 6.45) is 8.35. The zero-order valence-corrected chi connectivity index (χ0v) is 21.0. The molecule has 1 aliphatic carbocycles. The summed E-state index contributed by atoms with van der Waals surface area (Å²) in [6.45, 7) is -0.486. The monoisotopic (exact) mass is 516 g/mol. The molecule has 1 aromatic carbocycles. The van der Waals surface area contributed by atoms with Crippen LogP contribution in [0.4, 0.5) is 8.78 Å². The predicted molar refractivity (Wildman–Crippen MR) is 141 cm³/mol. The van der Waals surface area contributed by atoms with Crippen LogP contribution in [-0.2, 0) is 20.6 Å². The maximum atomic E-state index is 13.5. The zero-order chi connectivity index (χ0) is 26.1. The Morgan fingerprint density at radius 2 is 1.87 bits per heavy atom. The molecule has 0 atom stereocenters. The Balaban J connectivity index is 1.58. The second-order valence-corrected chi connectivity index (χ2v) is 10.1. The molecule has 38 heavy (non-hydrogen) atoms. The molecule has 0 saturated heterocycles. The van der Waals surface area contributed by atoms with E-state index in [9.17, 15) is 13.6 Å². The zero-order valence-electron chi connectivity index (χ0n) is 21.0. The van der Waals surface area contributed by atoms with Gasteiger partial charge in [-0.25, -0.2) is 18.6 Å². The number of benzene rings is 1. The maximum Gasteiger partial charge on any atom is 0.329 e. The fourth-order valence-corrected chi connectivity index (χ4v) is 6.04. The Bertz CT molecular complexity index is 1900. The van der Waals surface area contributed by atoms with Crippen molar-refractivity contribution in [2.24, 2.45) is 14.1 Å². The van der Waals surface area contributed by atoms with Crippen LogP contribution < -0.4 is 5.69 Å². The van der Waals surface area contributed by atoms with E-state index in [1.807, 2.05) is 34.6 Å². The number of nitrogens with zero attached hydrogens (tertiary/aromatic N) is 7. The van der Waals surface area contributed by atoms with E-state index >= 15 is 0 Å². The molecule has 0 spiro atoms. The Hall–Kier alpha value is -4.28. The average molecular weight is 517 g/mol. The van der Waals surface area contributed by atoms with Crippen molar-refractivity contribution in [2.45, 2.75) is 44.7 Å². The molecule has 6 aromatic rings. The molecule has 7 rings (SSSR count). The third kappa shape index (κ3) is 3.34. The van der Waals surface area contributed by atoms with E-state index in [0.717, 1.165) is 69.8 Å². The lowest BCUT2D eigenvalue weighted by Gasteiger charge is -2.13. The summed E-state index contributed by atoms with van der Waals surface area (Å²) >= 11 is 0. The highest BCUT2D eigenvalue weighted by atomic mass is 19.3. The molecule has 0 radical (unpaired) electrons. The van der Waals surface area contributed by atoms with Gasteiger partial charge >= 0.3 is 5.69 Å². The first-order chi connectivity index (χ1) is 18.4. The van der Waals surface area contributed by atoms with Crippen molar-refractivity contribution < 1.29 is 8.78 Å². The first-order valence-electron chi connectivity index (χ1n) is 12.8. The SMILES string of the molecule is Cn1ncc2cc(-c3c(-c4cnn(CC(F)F)c4)[nH]c4ncc5c(c34)n(C3CCCC3)c(=O)n5C)ccc21. The molecule has 5 aromatic heterocycles. The fraction of sp³-hybridized carbons (Fsp3) is 0.333. The Morgan fingerprint density at radius 1 is 1.05 bits per heavy atom. The van der Waals surface area contributed by atoms with Gasteiger partial charge in [0.2, 0.25) is 0 Å². The number of aryl methyl sites for hydroxylation is 2. The van der Waals surface area contributed by atoms with Crippen molar-refractivity contribution in [3.8, 4) is 22.4 Å². The second kappa shape index (κ2) is 8.37. The number of alkyl halides is 2. The topological polar surface area (TPSA) is 91.2 Å². The quantitative estimate of drug-likeness (QED) is 0.349. The van der Waals surface area contributed by atoms with Gasteiger partial charge in [0.25, 0.3) is 6.43 Å². The van der Waals surface area contributed by atoms with Crippen molar-refractivity contribution in [1.29, 1.82) is 0 Å². The standard InChI is InChI=1S/C27H26F2N8O/c1-34-20-12-30-26-23(25(20)37(27(34)38)18-5-3-4-6-18)22(15-7-8-19-16(9-15)10-31-35(19)2)24(33-26)17-11-32-36(13-17)14-21(28)29/h7-13,18,21H,3-6,14H2,1-2H3,(H,30,33). The minimum atomic E-state index is -2.51. The summed E-state index contributed by atoms with van der Waals surface area (Å²) in [5.74, 6) is 0. The minimum absolute atomic E-state index is 0.0534. The Labute approximate surface area is 215 Å². The largest absolute Gasteiger partial charge is 0.339 e. The average Bonchev–Trinajstić information content (AvgIpc) is 3.71. The number of H-pyrrole nitrogens is 1. The molecule has 0 amide bonds. The van der Waals surface area contributed by atoms with E-state index < -0.39 is 13.0 Å². The van der Waals surface area contributed by atoms with E-state index in [0.29, 0.717) is 11.2 Å². The first kappa shape index (κ1) is 22.9. The first-order valence-corrected chi connectivity index (χ1v) is 12.8. The number of imidazole rings is 1. The number of aromatic amines is 1.